The fraction of sp³-hybridized carbons (Fsp3) is 0.182. The molecule has 1 heterocycles. The highest BCUT2D eigenvalue weighted by molar-refractivity contribution is 6.30. The number of hydrogen-bond acceptors (Lipinski definition) is 3. The molecule has 0 amide bonds. The molecule has 0 aliphatic carbocycles. The second-order valence-corrected chi connectivity index (χ2v) is 3.78. The highest BCUT2D eigenvalue weighted by atomic mass is 35.5. The molecular formula is C11H10ClN3O. The molecule has 16 heavy (non-hydrogen) atoms. The van der Waals surface area contributed by atoms with E-state index in [4.69, 9.17) is 11.6 Å². The fourth-order valence-electron chi connectivity index (χ4n) is 1.34. The molecule has 2 rings (SSSR count). The van der Waals surface area contributed by atoms with E-state index in [1.165, 1.54) is 6.33 Å². The van der Waals surface area contributed by atoms with E-state index in [0.29, 0.717) is 23.6 Å². The number of benzene rings is 1. The molecule has 0 saturated carbocycles. The van der Waals surface area contributed by atoms with Crippen molar-refractivity contribution in [3.05, 3.63) is 47.5 Å². The van der Waals surface area contributed by atoms with Crippen LogP contribution in [0.1, 0.15) is 16.8 Å². The third kappa shape index (κ3) is 2.67. The first-order chi connectivity index (χ1) is 7.75. The van der Waals surface area contributed by atoms with Crippen molar-refractivity contribution in [2.45, 2.75) is 13.0 Å². The number of rotatable bonds is 4. The zero-order chi connectivity index (χ0) is 11.4. The summed E-state index contributed by atoms with van der Waals surface area (Å²) in [6, 6.07) is 6.88. The van der Waals surface area contributed by atoms with Crippen LogP contribution < -0.4 is 0 Å². The standard InChI is InChI=1S/C11H10ClN3O/c12-10-3-1-9(2-4-10)11(16)5-6-15-8-13-7-14-15/h1-4,7-8H,5-6H2. The topological polar surface area (TPSA) is 47.8 Å². The number of hydrogen-bond donors (Lipinski definition) is 0. The van der Waals surface area contributed by atoms with Crippen molar-refractivity contribution in [3.8, 4) is 0 Å². The Bertz CT molecular complexity index is 464. The smallest absolute Gasteiger partial charge is 0.164 e. The molecule has 0 bridgehead atoms. The van der Waals surface area contributed by atoms with E-state index in [2.05, 4.69) is 10.1 Å². The molecule has 82 valence electrons. The quantitative estimate of drug-likeness (QED) is 0.764. The van der Waals surface area contributed by atoms with Crippen molar-refractivity contribution in [2.75, 3.05) is 0 Å². The van der Waals surface area contributed by atoms with Crippen molar-refractivity contribution in [3.63, 3.8) is 0 Å². The lowest BCUT2D eigenvalue weighted by molar-refractivity contribution is 0.0975. The third-order valence-electron chi connectivity index (χ3n) is 2.20. The molecule has 2 aromatic rings. The normalized spacial score (nSPS) is 10.3. The number of halogens is 1. The van der Waals surface area contributed by atoms with E-state index >= 15 is 0 Å². The minimum atomic E-state index is 0.0761. The van der Waals surface area contributed by atoms with Crippen LogP contribution in [-0.2, 0) is 6.54 Å². The molecule has 4 nitrogen and oxygen atoms in total. The van der Waals surface area contributed by atoms with Gasteiger partial charge in [-0.15, -0.1) is 0 Å². The van der Waals surface area contributed by atoms with Gasteiger partial charge in [0.25, 0.3) is 0 Å². The summed E-state index contributed by atoms with van der Waals surface area (Å²) in [6.07, 6.45) is 3.45. The summed E-state index contributed by atoms with van der Waals surface area (Å²) < 4.78 is 1.63. The summed E-state index contributed by atoms with van der Waals surface area (Å²) in [5, 5.41) is 4.56. The lowest BCUT2D eigenvalue weighted by Crippen LogP contribution is -2.06. The maximum atomic E-state index is 11.7. The van der Waals surface area contributed by atoms with E-state index in [9.17, 15) is 4.79 Å². The number of nitrogens with zero attached hydrogens (tertiary/aromatic N) is 3. The monoisotopic (exact) mass is 235 g/mol. The highest BCUT2D eigenvalue weighted by Gasteiger charge is 2.05. The average Bonchev–Trinajstić information content (AvgIpc) is 2.80. The maximum Gasteiger partial charge on any atom is 0.164 e. The van der Waals surface area contributed by atoms with Crippen LogP contribution in [0.15, 0.2) is 36.9 Å². The molecular weight excluding hydrogens is 226 g/mol. The van der Waals surface area contributed by atoms with Crippen molar-refractivity contribution in [2.24, 2.45) is 0 Å². The summed E-state index contributed by atoms with van der Waals surface area (Å²) in [4.78, 5) is 15.6. The van der Waals surface area contributed by atoms with E-state index in [1.807, 2.05) is 0 Å². The van der Waals surface area contributed by atoms with Crippen LogP contribution in [0.2, 0.25) is 5.02 Å². The Morgan fingerprint density at radius 3 is 2.69 bits per heavy atom. The summed E-state index contributed by atoms with van der Waals surface area (Å²) >= 11 is 5.74. The van der Waals surface area contributed by atoms with Gasteiger partial charge in [0.05, 0.1) is 0 Å². The van der Waals surface area contributed by atoms with Crippen molar-refractivity contribution in [1.82, 2.24) is 14.8 Å². The van der Waals surface area contributed by atoms with E-state index < -0.39 is 0 Å². The largest absolute Gasteiger partial charge is 0.294 e. The van der Waals surface area contributed by atoms with Gasteiger partial charge in [-0.05, 0) is 24.3 Å². The van der Waals surface area contributed by atoms with Gasteiger partial charge in [-0.25, -0.2) is 4.98 Å². The predicted octanol–water partition coefficient (Wildman–Crippen LogP) is 2.20. The van der Waals surface area contributed by atoms with Crippen LogP contribution in [0, 0.1) is 0 Å². The summed E-state index contributed by atoms with van der Waals surface area (Å²) in [5.74, 6) is 0.0761. The van der Waals surface area contributed by atoms with Crippen LogP contribution in [-0.4, -0.2) is 20.5 Å². The van der Waals surface area contributed by atoms with Crippen molar-refractivity contribution >= 4 is 17.4 Å². The van der Waals surface area contributed by atoms with E-state index in [-0.39, 0.29) is 5.78 Å². The van der Waals surface area contributed by atoms with Gasteiger partial charge < -0.3 is 0 Å². The van der Waals surface area contributed by atoms with E-state index in [0.717, 1.165) is 0 Å². The Morgan fingerprint density at radius 2 is 2.06 bits per heavy atom. The number of ketones is 1. The lowest BCUT2D eigenvalue weighted by Gasteiger charge is -2.01. The van der Waals surface area contributed by atoms with Gasteiger partial charge >= 0.3 is 0 Å². The Kier molecular flexibility index (Phi) is 3.31. The third-order valence-corrected chi connectivity index (χ3v) is 2.45. The van der Waals surface area contributed by atoms with Gasteiger partial charge in [0.1, 0.15) is 12.7 Å². The highest BCUT2D eigenvalue weighted by Crippen LogP contribution is 2.11. The molecule has 0 saturated heterocycles. The molecule has 0 N–H and O–H groups in total. The van der Waals surface area contributed by atoms with Gasteiger partial charge in [-0.1, -0.05) is 11.6 Å². The number of aryl methyl sites for hydroxylation is 1. The van der Waals surface area contributed by atoms with Crippen LogP contribution in [0.3, 0.4) is 0 Å². The van der Waals surface area contributed by atoms with Crippen LogP contribution in [0.25, 0.3) is 0 Å². The van der Waals surface area contributed by atoms with Gasteiger partial charge in [0.2, 0.25) is 0 Å². The summed E-state index contributed by atoms with van der Waals surface area (Å²) in [5.41, 5.74) is 0.671. The molecule has 1 aromatic carbocycles. The second kappa shape index (κ2) is 4.90. The molecule has 0 unspecified atom stereocenters. The van der Waals surface area contributed by atoms with Gasteiger partial charge in [0.15, 0.2) is 5.78 Å². The van der Waals surface area contributed by atoms with Gasteiger partial charge in [0, 0.05) is 23.6 Å². The van der Waals surface area contributed by atoms with Gasteiger partial charge in [-0.2, -0.15) is 5.10 Å². The molecule has 1 aromatic heterocycles. The molecule has 0 aliphatic rings. The fourth-order valence-corrected chi connectivity index (χ4v) is 1.47. The SMILES string of the molecule is O=C(CCn1cncn1)c1ccc(Cl)cc1. The first-order valence-electron chi connectivity index (χ1n) is 4.87. The zero-order valence-electron chi connectivity index (χ0n) is 8.51. The average molecular weight is 236 g/mol. The molecule has 0 fully saturated rings. The first kappa shape index (κ1) is 10.8. The van der Waals surface area contributed by atoms with Crippen LogP contribution >= 0.6 is 11.6 Å². The lowest BCUT2D eigenvalue weighted by atomic mass is 10.1. The van der Waals surface area contributed by atoms with Gasteiger partial charge in [-0.3, -0.25) is 9.48 Å². The first-order valence-corrected chi connectivity index (χ1v) is 5.25. The van der Waals surface area contributed by atoms with Crippen molar-refractivity contribution in [1.29, 1.82) is 0 Å². The summed E-state index contributed by atoms with van der Waals surface area (Å²) in [7, 11) is 0. The zero-order valence-corrected chi connectivity index (χ0v) is 9.26. The Labute approximate surface area is 97.9 Å². The van der Waals surface area contributed by atoms with Crippen LogP contribution in [0.5, 0.6) is 0 Å². The Hall–Kier alpha value is -1.68. The van der Waals surface area contributed by atoms with E-state index in [1.54, 1.807) is 35.3 Å². The molecule has 0 spiro atoms. The predicted molar refractivity (Wildman–Crippen MR) is 60.4 cm³/mol. The minimum Gasteiger partial charge on any atom is -0.294 e. The Balaban J connectivity index is 1.95. The van der Waals surface area contributed by atoms with Crippen molar-refractivity contribution < 1.29 is 4.79 Å². The molecule has 0 aliphatic heterocycles. The summed E-state index contributed by atoms with van der Waals surface area (Å²) in [6.45, 7) is 0.543. The number of Topliss-reactive ketones (excluding diaryl/α,β-unsaturated/α-hetero) is 1. The molecule has 0 radical (unpaired) electrons. The minimum absolute atomic E-state index is 0.0761. The molecule has 5 heteroatoms. The molecule has 0 atom stereocenters. The Morgan fingerprint density at radius 1 is 1.31 bits per heavy atom. The number of aromatic nitrogens is 3. The number of carbonyl (C=O) groups excluding carboxylic acids is 1. The maximum absolute atomic E-state index is 11.7. The number of carbonyl (C=O) groups is 1. The second-order valence-electron chi connectivity index (χ2n) is 3.34. The van der Waals surface area contributed by atoms with Crippen LogP contribution in [0.4, 0.5) is 0 Å².